The quantitative estimate of drug-likeness (QED) is 0.768. The van der Waals surface area contributed by atoms with Crippen molar-refractivity contribution in [3.63, 3.8) is 0 Å². The Balaban J connectivity index is 3.03. The van der Waals surface area contributed by atoms with Gasteiger partial charge in [0.1, 0.15) is 0 Å². The zero-order valence-electron chi connectivity index (χ0n) is 8.44. The molecule has 0 radical (unpaired) electrons. The number of benzene rings is 1. The second-order valence-corrected chi connectivity index (χ2v) is 3.09. The van der Waals surface area contributed by atoms with E-state index in [0.717, 1.165) is 0 Å². The number of phenols is 1. The molecule has 0 heterocycles. The van der Waals surface area contributed by atoms with E-state index in [0.29, 0.717) is 11.3 Å². The Morgan fingerprint density at radius 1 is 1.43 bits per heavy atom. The highest BCUT2D eigenvalue weighted by molar-refractivity contribution is 5.94. The number of ether oxygens (including phenoxy) is 1. The summed E-state index contributed by atoms with van der Waals surface area (Å²) in [7, 11) is 4.77. The minimum atomic E-state index is -0.150. The molecule has 0 aliphatic heterocycles. The number of aromatic hydroxyl groups is 1. The summed E-state index contributed by atoms with van der Waals surface area (Å²) in [6, 6.07) is 4.56. The van der Waals surface area contributed by atoms with Gasteiger partial charge >= 0.3 is 0 Å². The molecular formula is C10H13NO3. The summed E-state index contributed by atoms with van der Waals surface area (Å²) in [6.07, 6.45) is 0. The van der Waals surface area contributed by atoms with E-state index in [9.17, 15) is 9.90 Å². The first kappa shape index (κ1) is 10.4. The van der Waals surface area contributed by atoms with Gasteiger partial charge in [0.2, 0.25) is 0 Å². The molecule has 4 nitrogen and oxygen atoms in total. The predicted octanol–water partition coefficient (Wildman–Crippen LogP) is 1.10. The highest BCUT2D eigenvalue weighted by atomic mass is 16.5. The first-order valence-electron chi connectivity index (χ1n) is 4.15. The second-order valence-electron chi connectivity index (χ2n) is 3.09. The SMILES string of the molecule is COc1ccc(C(=O)N(C)C)cc1O. The zero-order chi connectivity index (χ0) is 10.7. The maximum Gasteiger partial charge on any atom is 0.253 e. The predicted molar refractivity (Wildman–Crippen MR) is 52.7 cm³/mol. The van der Waals surface area contributed by atoms with Gasteiger partial charge in [-0.2, -0.15) is 0 Å². The van der Waals surface area contributed by atoms with Gasteiger partial charge in [-0.05, 0) is 18.2 Å². The molecule has 0 spiro atoms. The van der Waals surface area contributed by atoms with Crippen LogP contribution in [0.1, 0.15) is 10.4 Å². The molecule has 0 atom stereocenters. The third kappa shape index (κ3) is 1.96. The average Bonchev–Trinajstić information content (AvgIpc) is 2.16. The Labute approximate surface area is 82.7 Å². The normalized spacial score (nSPS) is 9.64. The Hall–Kier alpha value is -1.71. The van der Waals surface area contributed by atoms with Crippen LogP contribution in [0.25, 0.3) is 0 Å². The number of phenolic OH excluding ortho intramolecular Hbond substituents is 1. The van der Waals surface area contributed by atoms with E-state index in [2.05, 4.69) is 0 Å². The summed E-state index contributed by atoms with van der Waals surface area (Å²) in [6.45, 7) is 0. The van der Waals surface area contributed by atoms with Crippen LogP contribution in [0.5, 0.6) is 11.5 Å². The highest BCUT2D eigenvalue weighted by Gasteiger charge is 2.10. The van der Waals surface area contributed by atoms with Gasteiger partial charge in [0.05, 0.1) is 7.11 Å². The molecule has 0 saturated heterocycles. The molecule has 14 heavy (non-hydrogen) atoms. The van der Waals surface area contributed by atoms with Crippen molar-refractivity contribution in [2.45, 2.75) is 0 Å². The van der Waals surface area contributed by atoms with Crippen molar-refractivity contribution in [3.05, 3.63) is 23.8 Å². The van der Waals surface area contributed by atoms with Crippen molar-refractivity contribution in [1.29, 1.82) is 0 Å². The lowest BCUT2D eigenvalue weighted by Gasteiger charge is -2.11. The van der Waals surface area contributed by atoms with Gasteiger partial charge in [-0.15, -0.1) is 0 Å². The van der Waals surface area contributed by atoms with Crippen molar-refractivity contribution in [2.24, 2.45) is 0 Å². The number of carbonyl (C=O) groups excluding carboxylic acids is 1. The number of hydrogen-bond acceptors (Lipinski definition) is 3. The topological polar surface area (TPSA) is 49.8 Å². The molecule has 4 heteroatoms. The summed E-state index contributed by atoms with van der Waals surface area (Å²) in [5, 5.41) is 9.43. The van der Waals surface area contributed by atoms with Gasteiger partial charge < -0.3 is 14.7 Å². The van der Waals surface area contributed by atoms with Crippen LogP contribution in [0.4, 0.5) is 0 Å². The number of amides is 1. The third-order valence-corrected chi connectivity index (χ3v) is 1.83. The molecule has 0 aliphatic rings. The van der Waals surface area contributed by atoms with Crippen molar-refractivity contribution >= 4 is 5.91 Å². The van der Waals surface area contributed by atoms with E-state index >= 15 is 0 Å². The number of hydrogen-bond donors (Lipinski definition) is 1. The maximum absolute atomic E-state index is 11.5. The van der Waals surface area contributed by atoms with Gasteiger partial charge in [-0.1, -0.05) is 0 Å². The summed E-state index contributed by atoms with van der Waals surface area (Å²) in [5.74, 6) is 0.184. The number of methoxy groups -OCH3 is 1. The fourth-order valence-electron chi connectivity index (χ4n) is 1.08. The van der Waals surface area contributed by atoms with E-state index in [1.807, 2.05) is 0 Å². The molecule has 1 amide bonds. The van der Waals surface area contributed by atoms with Gasteiger partial charge in [-0.25, -0.2) is 0 Å². The van der Waals surface area contributed by atoms with Gasteiger partial charge in [0.15, 0.2) is 11.5 Å². The molecule has 1 rings (SSSR count). The summed E-state index contributed by atoms with van der Waals surface area (Å²) in [4.78, 5) is 12.9. The molecular weight excluding hydrogens is 182 g/mol. The van der Waals surface area contributed by atoms with E-state index in [1.165, 1.54) is 18.1 Å². The van der Waals surface area contributed by atoms with Crippen LogP contribution in [-0.4, -0.2) is 37.1 Å². The Morgan fingerprint density at radius 2 is 2.07 bits per heavy atom. The smallest absolute Gasteiger partial charge is 0.253 e. The van der Waals surface area contributed by atoms with Crippen molar-refractivity contribution in [3.8, 4) is 11.5 Å². The van der Waals surface area contributed by atoms with E-state index in [4.69, 9.17) is 4.74 Å². The van der Waals surface area contributed by atoms with E-state index in [1.54, 1.807) is 26.2 Å². The Bertz CT molecular complexity index is 347. The van der Waals surface area contributed by atoms with Crippen LogP contribution < -0.4 is 4.74 Å². The molecule has 0 bridgehead atoms. The van der Waals surface area contributed by atoms with Crippen LogP contribution in [0, 0.1) is 0 Å². The van der Waals surface area contributed by atoms with Crippen molar-refractivity contribution in [1.82, 2.24) is 4.90 Å². The molecule has 0 aliphatic carbocycles. The van der Waals surface area contributed by atoms with Crippen LogP contribution in [-0.2, 0) is 0 Å². The minimum Gasteiger partial charge on any atom is -0.504 e. The third-order valence-electron chi connectivity index (χ3n) is 1.83. The lowest BCUT2D eigenvalue weighted by molar-refractivity contribution is 0.0827. The fourth-order valence-corrected chi connectivity index (χ4v) is 1.08. The minimum absolute atomic E-state index is 0.0276. The summed E-state index contributed by atoms with van der Waals surface area (Å²) < 4.78 is 4.87. The van der Waals surface area contributed by atoms with Crippen LogP contribution >= 0.6 is 0 Å². The van der Waals surface area contributed by atoms with Crippen molar-refractivity contribution in [2.75, 3.05) is 21.2 Å². The summed E-state index contributed by atoms with van der Waals surface area (Å²) in [5.41, 5.74) is 0.438. The van der Waals surface area contributed by atoms with E-state index in [-0.39, 0.29) is 11.7 Å². The first-order chi connectivity index (χ1) is 6.56. The number of rotatable bonds is 2. The average molecular weight is 195 g/mol. The zero-order valence-corrected chi connectivity index (χ0v) is 8.44. The molecule has 1 aromatic rings. The largest absolute Gasteiger partial charge is 0.504 e. The second kappa shape index (κ2) is 4.00. The van der Waals surface area contributed by atoms with Gasteiger partial charge in [0.25, 0.3) is 5.91 Å². The molecule has 0 unspecified atom stereocenters. The molecule has 1 N–H and O–H groups in total. The molecule has 0 fully saturated rings. The van der Waals surface area contributed by atoms with Crippen LogP contribution in [0.2, 0.25) is 0 Å². The van der Waals surface area contributed by atoms with Crippen molar-refractivity contribution < 1.29 is 14.6 Å². The van der Waals surface area contributed by atoms with E-state index < -0.39 is 0 Å². The maximum atomic E-state index is 11.5. The molecule has 0 saturated carbocycles. The summed E-state index contributed by atoms with van der Waals surface area (Å²) >= 11 is 0. The standard InChI is InChI=1S/C10H13NO3/c1-11(2)10(13)7-4-5-9(14-3)8(12)6-7/h4-6,12H,1-3H3. The molecule has 1 aromatic carbocycles. The number of carbonyl (C=O) groups is 1. The van der Waals surface area contributed by atoms with Gasteiger partial charge in [-0.3, -0.25) is 4.79 Å². The Kier molecular flexibility index (Phi) is 2.96. The fraction of sp³-hybridized carbons (Fsp3) is 0.300. The highest BCUT2D eigenvalue weighted by Crippen LogP contribution is 2.26. The van der Waals surface area contributed by atoms with Gasteiger partial charge in [0, 0.05) is 19.7 Å². The monoisotopic (exact) mass is 195 g/mol. The lowest BCUT2D eigenvalue weighted by atomic mass is 10.2. The first-order valence-corrected chi connectivity index (χ1v) is 4.15. The number of nitrogens with zero attached hydrogens (tertiary/aromatic N) is 1. The Morgan fingerprint density at radius 3 is 2.50 bits per heavy atom. The molecule has 76 valence electrons. The lowest BCUT2D eigenvalue weighted by Crippen LogP contribution is -2.21. The molecule has 0 aromatic heterocycles. The van der Waals surface area contributed by atoms with Crippen LogP contribution in [0.3, 0.4) is 0 Å². The van der Waals surface area contributed by atoms with Crippen LogP contribution in [0.15, 0.2) is 18.2 Å².